The summed E-state index contributed by atoms with van der Waals surface area (Å²) in [7, 11) is 0. The van der Waals surface area contributed by atoms with Crippen molar-refractivity contribution in [3.63, 3.8) is 0 Å². The fourth-order valence-corrected chi connectivity index (χ4v) is 3.50. The van der Waals surface area contributed by atoms with Crippen LogP contribution in [0.15, 0.2) is 48.5 Å². The SMILES string of the molecule is N#CCCCC[C@H](NC(=O)C1c2ccccc2-c2ccccc21)C(=O)O. The standard InChI is InChI=1S/C21H20N2O3/c22-13-7-1-2-12-18(21(25)26)23-20(24)19-16-10-5-3-8-14(16)15-9-4-6-11-17(15)19/h3-6,8-11,18-19H,1-2,7,12H2,(H,23,24)(H,25,26)/t18-/m0/s1. The molecule has 2 N–H and O–H groups in total. The molecule has 1 aliphatic rings. The summed E-state index contributed by atoms with van der Waals surface area (Å²) in [6.07, 6.45) is 1.93. The van der Waals surface area contributed by atoms with Gasteiger partial charge in [-0.1, -0.05) is 48.5 Å². The summed E-state index contributed by atoms with van der Waals surface area (Å²) in [6.45, 7) is 0. The Balaban J connectivity index is 1.81. The van der Waals surface area contributed by atoms with Gasteiger partial charge in [0.1, 0.15) is 6.04 Å². The maximum Gasteiger partial charge on any atom is 0.326 e. The van der Waals surface area contributed by atoms with E-state index in [0.29, 0.717) is 25.7 Å². The topological polar surface area (TPSA) is 90.2 Å². The first-order valence-corrected chi connectivity index (χ1v) is 8.72. The van der Waals surface area contributed by atoms with Gasteiger partial charge in [-0.05, 0) is 41.5 Å². The third-order valence-electron chi connectivity index (χ3n) is 4.74. The van der Waals surface area contributed by atoms with Gasteiger partial charge in [0.2, 0.25) is 5.91 Å². The Hall–Kier alpha value is -3.13. The average Bonchev–Trinajstić information content (AvgIpc) is 2.98. The summed E-state index contributed by atoms with van der Waals surface area (Å²) in [5.41, 5.74) is 3.84. The molecule has 2 aromatic rings. The van der Waals surface area contributed by atoms with Crippen molar-refractivity contribution in [1.29, 1.82) is 5.26 Å². The molecule has 0 radical (unpaired) electrons. The molecule has 2 aromatic carbocycles. The van der Waals surface area contributed by atoms with Crippen LogP contribution in [0.2, 0.25) is 0 Å². The summed E-state index contributed by atoms with van der Waals surface area (Å²) in [6, 6.07) is 16.6. The van der Waals surface area contributed by atoms with E-state index in [1.54, 1.807) is 0 Å². The van der Waals surface area contributed by atoms with E-state index in [1.807, 2.05) is 54.6 Å². The van der Waals surface area contributed by atoms with Gasteiger partial charge in [-0.2, -0.15) is 5.26 Å². The minimum absolute atomic E-state index is 0.296. The van der Waals surface area contributed by atoms with Gasteiger partial charge >= 0.3 is 5.97 Å². The third-order valence-corrected chi connectivity index (χ3v) is 4.74. The van der Waals surface area contributed by atoms with Crippen LogP contribution in [-0.2, 0) is 9.59 Å². The molecule has 0 fully saturated rings. The molecule has 0 aromatic heterocycles. The number of carboxylic acids is 1. The maximum absolute atomic E-state index is 12.9. The van der Waals surface area contributed by atoms with Crippen LogP contribution in [-0.4, -0.2) is 23.0 Å². The van der Waals surface area contributed by atoms with E-state index in [-0.39, 0.29) is 5.91 Å². The number of unbranched alkanes of at least 4 members (excludes halogenated alkanes) is 2. The molecule has 0 aliphatic heterocycles. The lowest BCUT2D eigenvalue weighted by atomic mass is 9.95. The van der Waals surface area contributed by atoms with Gasteiger partial charge in [0, 0.05) is 6.42 Å². The molecule has 0 heterocycles. The quantitative estimate of drug-likeness (QED) is 0.750. The first kappa shape index (κ1) is 17.7. The molecule has 0 saturated carbocycles. The molecule has 132 valence electrons. The second-order valence-electron chi connectivity index (χ2n) is 6.41. The number of nitriles is 1. The number of carbonyl (C=O) groups excluding carboxylic acids is 1. The van der Waals surface area contributed by atoms with E-state index in [1.165, 1.54) is 0 Å². The molecule has 1 amide bonds. The molecule has 0 saturated heterocycles. The van der Waals surface area contributed by atoms with Crippen LogP contribution in [0.25, 0.3) is 11.1 Å². The number of rotatable bonds is 7. The van der Waals surface area contributed by atoms with Crippen molar-refractivity contribution in [1.82, 2.24) is 5.32 Å². The number of carbonyl (C=O) groups is 2. The van der Waals surface area contributed by atoms with Crippen LogP contribution >= 0.6 is 0 Å². The van der Waals surface area contributed by atoms with Gasteiger partial charge in [0.05, 0.1) is 12.0 Å². The molecule has 26 heavy (non-hydrogen) atoms. The van der Waals surface area contributed by atoms with Crippen molar-refractivity contribution in [2.75, 3.05) is 0 Å². The Morgan fingerprint density at radius 2 is 1.62 bits per heavy atom. The summed E-state index contributed by atoms with van der Waals surface area (Å²) in [4.78, 5) is 24.5. The molecule has 5 nitrogen and oxygen atoms in total. The summed E-state index contributed by atoms with van der Waals surface area (Å²) >= 11 is 0. The zero-order chi connectivity index (χ0) is 18.5. The van der Waals surface area contributed by atoms with Crippen LogP contribution in [0.4, 0.5) is 0 Å². The molecular formula is C21H20N2O3. The van der Waals surface area contributed by atoms with Gasteiger partial charge in [0.25, 0.3) is 0 Å². The minimum atomic E-state index is -1.05. The lowest BCUT2D eigenvalue weighted by Gasteiger charge is -2.19. The van der Waals surface area contributed by atoms with Gasteiger partial charge < -0.3 is 10.4 Å². The van der Waals surface area contributed by atoms with Gasteiger partial charge in [-0.3, -0.25) is 4.79 Å². The van der Waals surface area contributed by atoms with Crippen LogP contribution in [0, 0.1) is 11.3 Å². The summed E-state index contributed by atoms with van der Waals surface area (Å²) in [5.74, 6) is -1.84. The van der Waals surface area contributed by atoms with Crippen molar-refractivity contribution >= 4 is 11.9 Å². The van der Waals surface area contributed by atoms with E-state index in [2.05, 4.69) is 5.32 Å². The maximum atomic E-state index is 12.9. The van der Waals surface area contributed by atoms with Crippen LogP contribution in [0.3, 0.4) is 0 Å². The number of aliphatic carboxylic acids is 1. The second kappa shape index (κ2) is 7.83. The Morgan fingerprint density at radius 1 is 1.04 bits per heavy atom. The number of fused-ring (bicyclic) bond motifs is 3. The predicted octanol–water partition coefficient (Wildman–Crippen LogP) is 3.45. The molecule has 0 unspecified atom stereocenters. The van der Waals surface area contributed by atoms with Crippen molar-refractivity contribution in [3.8, 4) is 17.2 Å². The van der Waals surface area contributed by atoms with Crippen LogP contribution in [0.1, 0.15) is 42.7 Å². The molecule has 1 atom stereocenters. The molecule has 0 spiro atoms. The second-order valence-corrected chi connectivity index (χ2v) is 6.41. The average molecular weight is 348 g/mol. The Bertz CT molecular complexity index is 824. The van der Waals surface area contributed by atoms with E-state index >= 15 is 0 Å². The van der Waals surface area contributed by atoms with Crippen molar-refractivity contribution in [2.24, 2.45) is 0 Å². The fraction of sp³-hybridized carbons (Fsp3) is 0.286. The van der Waals surface area contributed by atoms with E-state index < -0.39 is 17.9 Å². The number of carboxylic acid groups (broad SMARTS) is 1. The zero-order valence-corrected chi connectivity index (χ0v) is 14.3. The Kier molecular flexibility index (Phi) is 5.33. The number of nitrogens with one attached hydrogen (secondary N) is 1. The van der Waals surface area contributed by atoms with Gasteiger partial charge in [-0.15, -0.1) is 0 Å². The van der Waals surface area contributed by atoms with Crippen molar-refractivity contribution in [2.45, 2.75) is 37.6 Å². The van der Waals surface area contributed by atoms with Crippen LogP contribution in [0.5, 0.6) is 0 Å². The molecule has 1 aliphatic carbocycles. The van der Waals surface area contributed by atoms with E-state index in [0.717, 1.165) is 22.3 Å². The number of amides is 1. The molecule has 0 bridgehead atoms. The largest absolute Gasteiger partial charge is 0.480 e. The van der Waals surface area contributed by atoms with Crippen molar-refractivity contribution < 1.29 is 14.7 Å². The highest BCUT2D eigenvalue weighted by Gasteiger charge is 2.35. The highest BCUT2D eigenvalue weighted by Crippen LogP contribution is 2.44. The first-order valence-electron chi connectivity index (χ1n) is 8.72. The highest BCUT2D eigenvalue weighted by atomic mass is 16.4. The summed E-state index contributed by atoms with van der Waals surface area (Å²) < 4.78 is 0. The lowest BCUT2D eigenvalue weighted by molar-refractivity contribution is -0.142. The number of hydrogen-bond donors (Lipinski definition) is 2. The van der Waals surface area contributed by atoms with Gasteiger partial charge in [-0.25, -0.2) is 4.79 Å². The van der Waals surface area contributed by atoms with E-state index in [4.69, 9.17) is 5.26 Å². The van der Waals surface area contributed by atoms with Crippen LogP contribution < -0.4 is 5.32 Å². The predicted molar refractivity (Wildman–Crippen MR) is 97.4 cm³/mol. The van der Waals surface area contributed by atoms with Crippen molar-refractivity contribution in [3.05, 3.63) is 59.7 Å². The van der Waals surface area contributed by atoms with E-state index in [9.17, 15) is 14.7 Å². The summed E-state index contributed by atoms with van der Waals surface area (Å²) in [5, 5.41) is 20.7. The first-order chi connectivity index (χ1) is 12.6. The fourth-order valence-electron chi connectivity index (χ4n) is 3.50. The minimum Gasteiger partial charge on any atom is -0.480 e. The molecule has 3 rings (SSSR count). The highest BCUT2D eigenvalue weighted by molar-refractivity contribution is 5.97. The number of nitrogens with zero attached hydrogens (tertiary/aromatic N) is 1. The molecule has 5 heteroatoms. The zero-order valence-electron chi connectivity index (χ0n) is 14.3. The monoisotopic (exact) mass is 348 g/mol. The third kappa shape index (κ3) is 3.45. The number of hydrogen-bond acceptors (Lipinski definition) is 3. The Labute approximate surface area is 152 Å². The number of benzene rings is 2. The van der Waals surface area contributed by atoms with Gasteiger partial charge in [0.15, 0.2) is 0 Å². The lowest BCUT2D eigenvalue weighted by Crippen LogP contribution is -2.43. The Morgan fingerprint density at radius 3 is 2.15 bits per heavy atom. The normalized spacial score (nSPS) is 13.3. The smallest absolute Gasteiger partial charge is 0.326 e. The molecular weight excluding hydrogens is 328 g/mol.